The predicted octanol–water partition coefficient (Wildman–Crippen LogP) is 3.49. The number of hydrogen-bond donors (Lipinski definition) is 2. The van der Waals surface area contributed by atoms with E-state index >= 15 is 0 Å². The number of para-hydroxylation sites is 2. The Morgan fingerprint density at radius 3 is 2.85 bits per heavy atom. The van der Waals surface area contributed by atoms with Gasteiger partial charge in [0.05, 0.1) is 17.1 Å². The van der Waals surface area contributed by atoms with Crippen molar-refractivity contribution in [2.45, 2.75) is 65.6 Å². The van der Waals surface area contributed by atoms with Crippen LogP contribution in [-0.2, 0) is 17.7 Å². The molecule has 2 N–H and O–H groups in total. The molecule has 2 heterocycles. The monoisotopic (exact) mass is 372 g/mol. The lowest BCUT2D eigenvalue weighted by atomic mass is 9.83. The summed E-state index contributed by atoms with van der Waals surface area (Å²) in [5, 5.41) is 6.09. The lowest BCUT2D eigenvalue weighted by Gasteiger charge is -2.37. The molecular weight excluding hydrogens is 340 g/mol. The Morgan fingerprint density at radius 2 is 2.11 bits per heavy atom. The summed E-state index contributed by atoms with van der Waals surface area (Å²) in [6, 6.07) is 8.22. The van der Waals surface area contributed by atoms with Gasteiger partial charge in [0.1, 0.15) is 5.82 Å². The van der Waals surface area contributed by atoms with E-state index in [2.05, 4.69) is 49.0 Å². The number of urea groups is 1. The lowest BCUT2D eigenvalue weighted by molar-refractivity contribution is -0.0565. The van der Waals surface area contributed by atoms with Crippen LogP contribution in [0.2, 0.25) is 0 Å². The van der Waals surface area contributed by atoms with Crippen LogP contribution in [-0.4, -0.2) is 40.9 Å². The van der Waals surface area contributed by atoms with Gasteiger partial charge in [0, 0.05) is 32.2 Å². The summed E-state index contributed by atoms with van der Waals surface area (Å²) in [4.78, 5) is 17.0. The van der Waals surface area contributed by atoms with Crippen molar-refractivity contribution in [1.29, 1.82) is 0 Å². The van der Waals surface area contributed by atoms with E-state index in [1.54, 1.807) is 0 Å². The molecule has 1 aromatic heterocycles. The number of rotatable bonds is 5. The number of hydrogen-bond acceptors (Lipinski definition) is 3. The highest BCUT2D eigenvalue weighted by Crippen LogP contribution is 2.29. The summed E-state index contributed by atoms with van der Waals surface area (Å²) in [6.07, 6.45) is 2.63. The largest absolute Gasteiger partial charge is 0.378 e. The molecule has 0 spiro atoms. The first-order valence-electron chi connectivity index (χ1n) is 9.98. The number of nitrogens with zero attached hydrogens (tertiary/aromatic N) is 2. The molecule has 0 aliphatic carbocycles. The number of imidazole rings is 1. The molecule has 27 heavy (non-hydrogen) atoms. The second-order valence-electron chi connectivity index (χ2n) is 8.36. The van der Waals surface area contributed by atoms with Crippen molar-refractivity contribution in [3.05, 3.63) is 30.1 Å². The number of amides is 2. The van der Waals surface area contributed by atoms with Crippen LogP contribution in [0, 0.1) is 5.41 Å². The Morgan fingerprint density at radius 1 is 1.33 bits per heavy atom. The van der Waals surface area contributed by atoms with E-state index in [0.29, 0.717) is 19.6 Å². The molecule has 0 radical (unpaired) electrons. The standard InChI is InChI=1S/C21H32N4O2/c1-5-25-17-9-7-6-8-16(17)24-19(25)10-12-22-20(26)23-15-11-13-27-18(14-15)21(2,3)4/h6-9,15,18H,5,10-14H2,1-4H3,(H2,22,23,26). The van der Waals surface area contributed by atoms with Gasteiger partial charge in [-0.1, -0.05) is 32.9 Å². The molecule has 2 amide bonds. The molecule has 148 valence electrons. The van der Waals surface area contributed by atoms with E-state index in [-0.39, 0.29) is 23.6 Å². The van der Waals surface area contributed by atoms with Crippen molar-refractivity contribution in [2.24, 2.45) is 5.41 Å². The van der Waals surface area contributed by atoms with Gasteiger partial charge >= 0.3 is 6.03 Å². The number of carbonyl (C=O) groups excluding carboxylic acids is 1. The maximum absolute atomic E-state index is 12.3. The van der Waals surface area contributed by atoms with Gasteiger partial charge in [-0.2, -0.15) is 0 Å². The maximum Gasteiger partial charge on any atom is 0.315 e. The normalized spacial score (nSPS) is 20.6. The van der Waals surface area contributed by atoms with Gasteiger partial charge in [-0.05, 0) is 37.3 Å². The molecule has 1 aliphatic heterocycles. The number of aromatic nitrogens is 2. The molecule has 2 aromatic rings. The molecule has 6 nitrogen and oxygen atoms in total. The zero-order valence-electron chi connectivity index (χ0n) is 16.9. The molecule has 1 aliphatic rings. The second-order valence-corrected chi connectivity index (χ2v) is 8.36. The van der Waals surface area contributed by atoms with Gasteiger partial charge in [-0.25, -0.2) is 9.78 Å². The minimum atomic E-state index is -0.103. The van der Waals surface area contributed by atoms with Crippen molar-refractivity contribution in [3.8, 4) is 0 Å². The predicted molar refractivity (Wildman–Crippen MR) is 108 cm³/mol. The molecule has 2 atom stereocenters. The maximum atomic E-state index is 12.3. The molecule has 3 rings (SSSR count). The van der Waals surface area contributed by atoms with Gasteiger partial charge in [0.15, 0.2) is 0 Å². The molecule has 1 aromatic carbocycles. The number of aryl methyl sites for hydroxylation is 1. The molecular formula is C21H32N4O2. The average molecular weight is 373 g/mol. The van der Waals surface area contributed by atoms with Crippen molar-refractivity contribution < 1.29 is 9.53 Å². The van der Waals surface area contributed by atoms with E-state index in [0.717, 1.165) is 36.2 Å². The number of nitrogens with one attached hydrogen (secondary N) is 2. The SMILES string of the molecule is CCn1c(CCNC(=O)NC2CCOC(C(C)(C)C)C2)nc2ccccc21. The van der Waals surface area contributed by atoms with Crippen LogP contribution in [0.25, 0.3) is 11.0 Å². The minimum absolute atomic E-state index is 0.0933. The fourth-order valence-corrected chi connectivity index (χ4v) is 3.72. The molecule has 1 fully saturated rings. The average Bonchev–Trinajstić information content (AvgIpc) is 2.98. The highest BCUT2D eigenvalue weighted by molar-refractivity contribution is 5.76. The fraction of sp³-hybridized carbons (Fsp3) is 0.619. The zero-order chi connectivity index (χ0) is 19.4. The first-order chi connectivity index (χ1) is 12.9. The van der Waals surface area contributed by atoms with Gasteiger partial charge in [0.2, 0.25) is 0 Å². The van der Waals surface area contributed by atoms with Gasteiger partial charge < -0.3 is 19.9 Å². The number of fused-ring (bicyclic) bond motifs is 1. The highest BCUT2D eigenvalue weighted by Gasteiger charge is 2.32. The Kier molecular flexibility index (Phi) is 6.05. The molecule has 0 saturated carbocycles. The third-order valence-corrected chi connectivity index (χ3v) is 5.27. The van der Waals surface area contributed by atoms with E-state index in [1.165, 1.54) is 0 Å². The third kappa shape index (κ3) is 4.80. The minimum Gasteiger partial charge on any atom is -0.378 e. The van der Waals surface area contributed by atoms with Gasteiger partial charge in [-0.3, -0.25) is 0 Å². The van der Waals surface area contributed by atoms with E-state index in [9.17, 15) is 4.79 Å². The summed E-state index contributed by atoms with van der Waals surface area (Å²) in [6.45, 7) is 10.8. The highest BCUT2D eigenvalue weighted by atomic mass is 16.5. The van der Waals surface area contributed by atoms with E-state index in [1.807, 2.05) is 18.2 Å². The zero-order valence-corrected chi connectivity index (χ0v) is 16.9. The summed E-state index contributed by atoms with van der Waals surface area (Å²) >= 11 is 0. The van der Waals surface area contributed by atoms with Crippen LogP contribution in [0.4, 0.5) is 4.79 Å². The Bertz CT molecular complexity index is 778. The van der Waals surface area contributed by atoms with Crippen LogP contribution in [0.3, 0.4) is 0 Å². The van der Waals surface area contributed by atoms with Crippen molar-refractivity contribution in [3.63, 3.8) is 0 Å². The number of ether oxygens (including phenoxy) is 1. The van der Waals surface area contributed by atoms with E-state index in [4.69, 9.17) is 9.72 Å². The number of benzene rings is 1. The first kappa shape index (κ1) is 19.7. The van der Waals surface area contributed by atoms with Crippen LogP contribution >= 0.6 is 0 Å². The third-order valence-electron chi connectivity index (χ3n) is 5.27. The smallest absolute Gasteiger partial charge is 0.315 e. The molecule has 0 bridgehead atoms. The van der Waals surface area contributed by atoms with Crippen molar-refractivity contribution in [2.75, 3.05) is 13.2 Å². The summed E-state index contributed by atoms with van der Waals surface area (Å²) < 4.78 is 8.07. The Balaban J connectivity index is 1.50. The van der Waals surface area contributed by atoms with Gasteiger partial charge in [0.25, 0.3) is 0 Å². The molecule has 2 unspecified atom stereocenters. The number of carbonyl (C=O) groups is 1. The fourth-order valence-electron chi connectivity index (χ4n) is 3.72. The van der Waals surface area contributed by atoms with Gasteiger partial charge in [-0.15, -0.1) is 0 Å². The van der Waals surface area contributed by atoms with Crippen LogP contribution < -0.4 is 10.6 Å². The van der Waals surface area contributed by atoms with Crippen LogP contribution in [0.5, 0.6) is 0 Å². The lowest BCUT2D eigenvalue weighted by Crippen LogP contribution is -2.49. The first-order valence-corrected chi connectivity index (χ1v) is 9.98. The second kappa shape index (κ2) is 8.30. The topological polar surface area (TPSA) is 68.2 Å². The van der Waals surface area contributed by atoms with Crippen molar-refractivity contribution in [1.82, 2.24) is 20.2 Å². The van der Waals surface area contributed by atoms with Crippen LogP contribution in [0.1, 0.15) is 46.4 Å². The Hall–Kier alpha value is -2.08. The Labute approximate surface area is 161 Å². The van der Waals surface area contributed by atoms with Crippen molar-refractivity contribution >= 4 is 17.1 Å². The summed E-state index contributed by atoms with van der Waals surface area (Å²) in [7, 11) is 0. The molecule has 1 saturated heterocycles. The van der Waals surface area contributed by atoms with Crippen LogP contribution in [0.15, 0.2) is 24.3 Å². The molecule has 6 heteroatoms. The summed E-state index contributed by atoms with van der Waals surface area (Å²) in [5.41, 5.74) is 2.25. The van der Waals surface area contributed by atoms with E-state index < -0.39 is 0 Å². The summed E-state index contributed by atoms with van der Waals surface area (Å²) in [5.74, 6) is 1.01. The quantitative estimate of drug-likeness (QED) is 0.844.